The molecule has 0 aliphatic rings. The molecule has 1 rings (SSSR count). The third-order valence-corrected chi connectivity index (χ3v) is 1.70. The Morgan fingerprint density at radius 2 is 1.82 bits per heavy atom. The smallest absolute Gasteiger partial charge is 0.437 e. The number of rotatable bonds is 2. The number of nitrogens with two attached hydrogens (primary N) is 2. The number of hydrogen-bond donors (Lipinski definition) is 2. The molecule has 5 nitrogen and oxygen atoms in total. The second-order valence-corrected chi connectivity index (χ2v) is 2.91. The molecule has 8 heteroatoms. The van der Waals surface area contributed by atoms with Gasteiger partial charge in [0, 0.05) is 0 Å². The van der Waals surface area contributed by atoms with Gasteiger partial charge < -0.3 is 16.2 Å². The van der Waals surface area contributed by atoms with Crippen molar-refractivity contribution >= 4 is 12.1 Å². The zero-order valence-electron chi connectivity index (χ0n) is 8.41. The molecule has 0 fully saturated rings. The van der Waals surface area contributed by atoms with Crippen LogP contribution < -0.4 is 11.5 Å². The van der Waals surface area contributed by atoms with Gasteiger partial charge in [-0.05, 0) is 12.1 Å². The zero-order chi connectivity index (χ0) is 13.0. The van der Waals surface area contributed by atoms with E-state index in [-0.39, 0.29) is 0 Å². The molecule has 0 radical (unpaired) electrons. The van der Waals surface area contributed by atoms with Crippen LogP contribution in [-0.4, -0.2) is 12.1 Å². The molecular weight excluding hydrogens is 239 g/mol. The van der Waals surface area contributed by atoms with Gasteiger partial charge in [-0.15, -0.1) is 4.99 Å². The fraction of sp³-hybridized carbons (Fsp3) is 0.111. The topological polar surface area (TPSA) is 90.7 Å². The molecule has 0 saturated heterocycles. The minimum absolute atomic E-state index is 0.560. The minimum Gasteiger partial charge on any atom is -0.443 e. The highest BCUT2D eigenvalue weighted by Crippen LogP contribution is 2.16. The molecule has 0 aliphatic heterocycles. The van der Waals surface area contributed by atoms with Crippen LogP contribution in [0.3, 0.4) is 0 Å². The molecule has 1 aromatic carbocycles. The van der Waals surface area contributed by atoms with E-state index < -0.39 is 41.7 Å². The van der Waals surface area contributed by atoms with E-state index in [2.05, 4.69) is 9.73 Å². The number of amides is 1. The van der Waals surface area contributed by atoms with Crippen molar-refractivity contribution in [3.63, 3.8) is 0 Å². The van der Waals surface area contributed by atoms with Gasteiger partial charge in [0.25, 0.3) is 0 Å². The van der Waals surface area contributed by atoms with Crippen molar-refractivity contribution in [3.8, 4) is 0 Å². The monoisotopic (exact) mass is 247 g/mol. The quantitative estimate of drug-likeness (QED) is 0.463. The molecule has 17 heavy (non-hydrogen) atoms. The number of benzene rings is 1. The van der Waals surface area contributed by atoms with Gasteiger partial charge in [0.15, 0.2) is 17.6 Å². The second-order valence-electron chi connectivity index (χ2n) is 2.91. The number of nitrogens with zero attached hydrogens (tertiary/aromatic N) is 1. The second kappa shape index (κ2) is 5.19. The number of halogens is 3. The van der Waals surface area contributed by atoms with Crippen LogP contribution in [0.15, 0.2) is 17.1 Å². The fourth-order valence-corrected chi connectivity index (χ4v) is 0.973. The largest absolute Gasteiger partial charge is 0.443 e. The van der Waals surface area contributed by atoms with Gasteiger partial charge in [-0.25, -0.2) is 18.0 Å². The molecular formula is C9H8F3N3O2. The number of carbonyl (C=O) groups excluding carboxylic acids is 1. The van der Waals surface area contributed by atoms with E-state index in [0.717, 1.165) is 0 Å². The molecule has 0 saturated carbocycles. The van der Waals surface area contributed by atoms with E-state index in [0.29, 0.717) is 12.1 Å². The van der Waals surface area contributed by atoms with E-state index in [1.807, 2.05) is 0 Å². The van der Waals surface area contributed by atoms with Gasteiger partial charge in [0.2, 0.25) is 0 Å². The summed E-state index contributed by atoms with van der Waals surface area (Å²) in [6, 6.07) is 1.33. The summed E-state index contributed by atoms with van der Waals surface area (Å²) in [7, 11) is 0. The zero-order valence-corrected chi connectivity index (χ0v) is 8.41. The van der Waals surface area contributed by atoms with E-state index in [9.17, 15) is 18.0 Å². The van der Waals surface area contributed by atoms with Crippen molar-refractivity contribution in [1.82, 2.24) is 0 Å². The highest BCUT2D eigenvalue weighted by Gasteiger charge is 2.15. The van der Waals surface area contributed by atoms with Crippen LogP contribution in [0.4, 0.5) is 18.0 Å². The van der Waals surface area contributed by atoms with E-state index >= 15 is 0 Å². The van der Waals surface area contributed by atoms with E-state index in [1.165, 1.54) is 0 Å². The SMILES string of the molecule is NC(N)=NC(=O)OCc1c(F)ccc(F)c1F. The third kappa shape index (κ3) is 3.37. The molecule has 1 aromatic rings. The Morgan fingerprint density at radius 1 is 1.24 bits per heavy atom. The van der Waals surface area contributed by atoms with E-state index in [1.54, 1.807) is 0 Å². The Balaban J connectivity index is 2.80. The summed E-state index contributed by atoms with van der Waals surface area (Å²) in [6.45, 7) is -0.814. The third-order valence-electron chi connectivity index (χ3n) is 1.70. The van der Waals surface area contributed by atoms with Crippen LogP contribution in [0, 0.1) is 17.5 Å². The Hall–Kier alpha value is -2.25. The molecule has 1 amide bonds. The normalized spacial score (nSPS) is 9.82. The molecule has 0 aromatic heterocycles. The predicted molar refractivity (Wildman–Crippen MR) is 52.3 cm³/mol. The lowest BCUT2D eigenvalue weighted by molar-refractivity contribution is 0.147. The van der Waals surface area contributed by atoms with Crippen LogP contribution in [0.25, 0.3) is 0 Å². The average Bonchev–Trinajstić information content (AvgIpc) is 2.23. The molecule has 0 unspecified atom stereocenters. The highest BCUT2D eigenvalue weighted by molar-refractivity contribution is 5.87. The molecule has 92 valence electrons. The van der Waals surface area contributed by atoms with Crippen molar-refractivity contribution in [1.29, 1.82) is 0 Å². The Morgan fingerprint density at radius 3 is 2.41 bits per heavy atom. The summed E-state index contributed by atoms with van der Waals surface area (Å²) >= 11 is 0. The van der Waals surface area contributed by atoms with Gasteiger partial charge in [-0.1, -0.05) is 0 Å². The first-order chi connectivity index (χ1) is 7.91. The lowest BCUT2D eigenvalue weighted by atomic mass is 10.2. The Bertz CT molecular complexity index is 473. The van der Waals surface area contributed by atoms with Crippen molar-refractivity contribution < 1.29 is 22.7 Å². The van der Waals surface area contributed by atoms with Crippen LogP contribution in [-0.2, 0) is 11.3 Å². The summed E-state index contributed by atoms with van der Waals surface area (Å²) in [5, 5.41) is 0. The number of hydrogen-bond acceptors (Lipinski definition) is 2. The van der Waals surface area contributed by atoms with Crippen molar-refractivity contribution in [2.45, 2.75) is 6.61 Å². The highest BCUT2D eigenvalue weighted by atomic mass is 19.2. The first-order valence-corrected chi connectivity index (χ1v) is 4.30. The summed E-state index contributed by atoms with van der Waals surface area (Å²) in [6.07, 6.45) is -1.23. The van der Waals surface area contributed by atoms with Crippen molar-refractivity contribution in [2.75, 3.05) is 0 Å². The molecule has 0 atom stereocenters. The van der Waals surface area contributed by atoms with Crippen LogP contribution >= 0.6 is 0 Å². The first-order valence-electron chi connectivity index (χ1n) is 4.30. The standard InChI is InChI=1S/C9H8F3N3O2/c10-5-1-2-6(11)7(12)4(5)3-17-9(16)15-8(13)14/h1-2H,3H2,(H4,13,14,15,16). The van der Waals surface area contributed by atoms with Crippen molar-refractivity contribution in [2.24, 2.45) is 16.5 Å². The van der Waals surface area contributed by atoms with Gasteiger partial charge >= 0.3 is 6.09 Å². The lowest BCUT2D eigenvalue weighted by Gasteiger charge is -2.05. The summed E-state index contributed by atoms with van der Waals surface area (Å²) in [5.41, 5.74) is 9.01. The molecule has 0 spiro atoms. The molecule has 0 bridgehead atoms. The van der Waals surface area contributed by atoms with E-state index in [4.69, 9.17) is 11.5 Å². The summed E-state index contributed by atoms with van der Waals surface area (Å²) < 4.78 is 43.2. The van der Waals surface area contributed by atoms with Crippen molar-refractivity contribution in [3.05, 3.63) is 35.1 Å². The Labute approximate surface area is 93.9 Å². The average molecular weight is 247 g/mol. The maximum atomic E-state index is 13.1. The lowest BCUT2D eigenvalue weighted by Crippen LogP contribution is -2.24. The first kappa shape index (κ1) is 12.8. The van der Waals surface area contributed by atoms with Gasteiger partial charge in [0.05, 0.1) is 5.56 Å². The van der Waals surface area contributed by atoms with Crippen LogP contribution in [0.1, 0.15) is 5.56 Å². The Kier molecular flexibility index (Phi) is 3.91. The molecule has 4 N–H and O–H groups in total. The summed E-state index contributed by atoms with van der Waals surface area (Å²) in [4.78, 5) is 13.8. The summed E-state index contributed by atoms with van der Waals surface area (Å²) in [5.74, 6) is -4.28. The fourth-order valence-electron chi connectivity index (χ4n) is 0.973. The van der Waals surface area contributed by atoms with Gasteiger partial charge in [0.1, 0.15) is 12.4 Å². The molecule has 0 aliphatic carbocycles. The van der Waals surface area contributed by atoms with Gasteiger partial charge in [-0.2, -0.15) is 0 Å². The molecule has 0 heterocycles. The number of guanidine groups is 1. The van der Waals surface area contributed by atoms with Crippen LogP contribution in [0.2, 0.25) is 0 Å². The minimum atomic E-state index is -1.43. The number of aliphatic imine (C=N–C) groups is 1. The number of carbonyl (C=O) groups is 1. The number of ether oxygens (including phenoxy) is 1. The van der Waals surface area contributed by atoms with Gasteiger partial charge in [-0.3, -0.25) is 0 Å². The maximum Gasteiger partial charge on any atom is 0.437 e. The maximum absolute atomic E-state index is 13.1. The van der Waals surface area contributed by atoms with Crippen LogP contribution in [0.5, 0.6) is 0 Å². The predicted octanol–water partition coefficient (Wildman–Crippen LogP) is 1.01.